The van der Waals surface area contributed by atoms with Gasteiger partial charge in [0.1, 0.15) is 11.9 Å². The molecule has 3 aliphatic rings. The van der Waals surface area contributed by atoms with Gasteiger partial charge in [0.25, 0.3) is 0 Å². The summed E-state index contributed by atoms with van der Waals surface area (Å²) in [4.78, 5) is 35.5. The SMILES string of the molecule is COC(=O)N[C@H](C(=O)N1CCC[C@H]1c1ncc(-c2ccc(C)c3c2CC2(CCCC2)C3)[nH]1)C(C)C. The highest BCUT2D eigenvalue weighted by atomic mass is 16.5. The summed E-state index contributed by atoms with van der Waals surface area (Å²) in [5, 5.41) is 2.72. The number of aromatic nitrogens is 2. The van der Waals surface area contributed by atoms with Crippen LogP contribution in [0.2, 0.25) is 0 Å². The highest BCUT2D eigenvalue weighted by Crippen LogP contribution is 2.51. The number of methoxy groups -OCH3 is 1. The van der Waals surface area contributed by atoms with E-state index in [1.807, 2.05) is 24.9 Å². The summed E-state index contributed by atoms with van der Waals surface area (Å²) in [5.74, 6) is 0.702. The van der Waals surface area contributed by atoms with Crippen molar-refractivity contribution in [2.45, 2.75) is 84.2 Å². The van der Waals surface area contributed by atoms with Crippen LogP contribution in [0, 0.1) is 18.3 Å². The third kappa shape index (κ3) is 4.34. The summed E-state index contributed by atoms with van der Waals surface area (Å²) in [7, 11) is 1.32. The van der Waals surface area contributed by atoms with Crippen molar-refractivity contribution >= 4 is 12.0 Å². The van der Waals surface area contributed by atoms with Crippen LogP contribution in [0.3, 0.4) is 0 Å². The Hall–Kier alpha value is -2.83. The molecular formula is C28H38N4O3. The summed E-state index contributed by atoms with van der Waals surface area (Å²) >= 11 is 0. The average molecular weight is 479 g/mol. The maximum Gasteiger partial charge on any atom is 0.407 e. The van der Waals surface area contributed by atoms with Crippen LogP contribution in [0.1, 0.15) is 80.9 Å². The summed E-state index contributed by atoms with van der Waals surface area (Å²) in [5.41, 5.74) is 7.18. The Morgan fingerprint density at radius 1 is 1.17 bits per heavy atom. The molecule has 2 aromatic rings. The van der Waals surface area contributed by atoms with E-state index in [0.29, 0.717) is 12.0 Å². The number of aryl methyl sites for hydroxylation is 1. The molecule has 1 saturated carbocycles. The highest BCUT2D eigenvalue weighted by molar-refractivity contribution is 5.86. The van der Waals surface area contributed by atoms with E-state index in [0.717, 1.165) is 30.8 Å². The minimum atomic E-state index is -0.625. The molecule has 1 spiro atoms. The molecule has 2 heterocycles. The Kier molecular flexibility index (Phi) is 6.36. The number of fused-ring (bicyclic) bond motifs is 1. The molecule has 2 atom stereocenters. The van der Waals surface area contributed by atoms with Crippen molar-refractivity contribution in [3.8, 4) is 11.3 Å². The number of likely N-dealkylation sites (tertiary alicyclic amines) is 1. The van der Waals surface area contributed by atoms with E-state index in [1.165, 1.54) is 61.5 Å². The van der Waals surface area contributed by atoms with Gasteiger partial charge >= 0.3 is 6.09 Å². The van der Waals surface area contributed by atoms with E-state index in [1.54, 1.807) is 0 Å². The Labute approximate surface area is 208 Å². The highest BCUT2D eigenvalue weighted by Gasteiger charge is 2.41. The zero-order valence-corrected chi connectivity index (χ0v) is 21.4. The molecule has 2 N–H and O–H groups in total. The van der Waals surface area contributed by atoms with E-state index in [2.05, 4.69) is 29.4 Å². The summed E-state index contributed by atoms with van der Waals surface area (Å²) in [6.45, 7) is 6.77. The van der Waals surface area contributed by atoms with Crippen molar-refractivity contribution in [2.75, 3.05) is 13.7 Å². The number of carbonyl (C=O) groups is 2. The molecule has 2 amide bonds. The minimum absolute atomic E-state index is 0.0481. The second-order valence-corrected chi connectivity index (χ2v) is 11.2. The quantitative estimate of drug-likeness (QED) is 0.627. The Balaban J connectivity index is 1.40. The number of ether oxygens (including phenoxy) is 1. The maximum absolute atomic E-state index is 13.4. The number of imidazole rings is 1. The lowest BCUT2D eigenvalue weighted by Gasteiger charge is -2.30. The van der Waals surface area contributed by atoms with Gasteiger partial charge in [-0.25, -0.2) is 9.78 Å². The predicted molar refractivity (Wildman–Crippen MR) is 135 cm³/mol. The Bertz CT molecular complexity index is 1120. The number of benzene rings is 1. The zero-order chi connectivity index (χ0) is 24.7. The van der Waals surface area contributed by atoms with Crippen LogP contribution in [0.5, 0.6) is 0 Å². The number of alkyl carbamates (subject to hydrolysis) is 1. The fourth-order valence-electron chi connectivity index (χ4n) is 6.64. The first-order chi connectivity index (χ1) is 16.8. The van der Waals surface area contributed by atoms with Crippen molar-refractivity contribution in [2.24, 2.45) is 11.3 Å². The van der Waals surface area contributed by atoms with E-state index >= 15 is 0 Å². The van der Waals surface area contributed by atoms with Gasteiger partial charge in [-0.1, -0.05) is 38.8 Å². The summed E-state index contributed by atoms with van der Waals surface area (Å²) in [6, 6.07) is 3.75. The van der Waals surface area contributed by atoms with Crippen LogP contribution in [0.4, 0.5) is 4.79 Å². The lowest BCUT2D eigenvalue weighted by molar-refractivity contribution is -0.135. The van der Waals surface area contributed by atoms with Gasteiger partial charge in [-0.15, -0.1) is 0 Å². The molecule has 35 heavy (non-hydrogen) atoms. The van der Waals surface area contributed by atoms with Crippen molar-refractivity contribution in [1.29, 1.82) is 0 Å². The minimum Gasteiger partial charge on any atom is -0.453 e. The molecule has 0 bridgehead atoms. The molecule has 188 valence electrons. The van der Waals surface area contributed by atoms with Gasteiger partial charge in [-0.05, 0) is 73.5 Å². The van der Waals surface area contributed by atoms with Crippen molar-refractivity contribution < 1.29 is 14.3 Å². The molecule has 5 rings (SSSR count). The first-order valence-electron chi connectivity index (χ1n) is 13.1. The largest absolute Gasteiger partial charge is 0.453 e. The van der Waals surface area contributed by atoms with E-state index in [9.17, 15) is 9.59 Å². The number of H-pyrrole nitrogens is 1. The summed E-state index contributed by atoms with van der Waals surface area (Å²) < 4.78 is 4.75. The molecule has 0 radical (unpaired) electrons. The fourth-order valence-corrected chi connectivity index (χ4v) is 6.64. The van der Waals surface area contributed by atoms with E-state index < -0.39 is 12.1 Å². The second-order valence-electron chi connectivity index (χ2n) is 11.2. The van der Waals surface area contributed by atoms with Crippen LogP contribution in [0.25, 0.3) is 11.3 Å². The third-order valence-electron chi connectivity index (χ3n) is 8.56. The molecule has 7 heteroatoms. The van der Waals surface area contributed by atoms with E-state index in [-0.39, 0.29) is 17.9 Å². The molecule has 7 nitrogen and oxygen atoms in total. The van der Waals surface area contributed by atoms with Gasteiger partial charge in [0.15, 0.2) is 0 Å². The van der Waals surface area contributed by atoms with Crippen LogP contribution < -0.4 is 5.32 Å². The number of rotatable bonds is 5. The average Bonchev–Trinajstić information content (AvgIpc) is 3.63. The number of nitrogens with one attached hydrogen (secondary N) is 2. The van der Waals surface area contributed by atoms with Crippen LogP contribution in [-0.4, -0.2) is 46.6 Å². The number of aromatic amines is 1. The third-order valence-corrected chi connectivity index (χ3v) is 8.56. The van der Waals surface area contributed by atoms with E-state index in [4.69, 9.17) is 9.72 Å². The fraction of sp³-hybridized carbons (Fsp3) is 0.607. The number of nitrogens with zero attached hydrogens (tertiary/aromatic N) is 2. The normalized spacial score (nSPS) is 21.5. The molecule has 1 aromatic heterocycles. The van der Waals surface area contributed by atoms with Gasteiger partial charge in [-0.3, -0.25) is 4.79 Å². The van der Waals surface area contributed by atoms with Crippen LogP contribution >= 0.6 is 0 Å². The van der Waals surface area contributed by atoms with Crippen LogP contribution in [0.15, 0.2) is 18.3 Å². The van der Waals surface area contributed by atoms with Crippen LogP contribution in [-0.2, 0) is 22.4 Å². The Morgan fingerprint density at radius 3 is 2.63 bits per heavy atom. The van der Waals surface area contributed by atoms with Crippen molar-refractivity contribution in [1.82, 2.24) is 20.2 Å². The molecule has 0 unspecified atom stereocenters. The molecule has 1 aliphatic heterocycles. The smallest absolute Gasteiger partial charge is 0.407 e. The van der Waals surface area contributed by atoms with Gasteiger partial charge < -0.3 is 19.9 Å². The first kappa shape index (κ1) is 23.9. The molecule has 2 aliphatic carbocycles. The first-order valence-corrected chi connectivity index (χ1v) is 13.1. The summed E-state index contributed by atoms with van der Waals surface area (Å²) in [6.07, 6.45) is 10.9. The lowest BCUT2D eigenvalue weighted by atomic mass is 9.83. The van der Waals surface area contributed by atoms with Crippen molar-refractivity contribution in [3.05, 3.63) is 40.8 Å². The second kappa shape index (κ2) is 9.32. The molecule has 1 saturated heterocycles. The monoisotopic (exact) mass is 478 g/mol. The zero-order valence-electron chi connectivity index (χ0n) is 21.4. The lowest BCUT2D eigenvalue weighted by Crippen LogP contribution is -2.51. The molecular weight excluding hydrogens is 440 g/mol. The van der Waals surface area contributed by atoms with Crippen molar-refractivity contribution in [3.63, 3.8) is 0 Å². The van der Waals surface area contributed by atoms with Gasteiger partial charge in [0.2, 0.25) is 5.91 Å². The maximum atomic E-state index is 13.4. The molecule has 2 fully saturated rings. The van der Waals surface area contributed by atoms with Gasteiger partial charge in [-0.2, -0.15) is 0 Å². The predicted octanol–water partition coefficient (Wildman–Crippen LogP) is 5.09. The number of hydrogen-bond donors (Lipinski definition) is 2. The number of carbonyl (C=O) groups excluding carboxylic acids is 2. The topological polar surface area (TPSA) is 87.3 Å². The molecule has 1 aromatic carbocycles. The van der Waals surface area contributed by atoms with Gasteiger partial charge in [0.05, 0.1) is 25.0 Å². The number of hydrogen-bond acceptors (Lipinski definition) is 4. The number of amides is 2. The van der Waals surface area contributed by atoms with Gasteiger partial charge in [0, 0.05) is 12.1 Å². The standard InChI is InChI=1S/C28H38N4O3/c1-17(2)24(31-27(34)35-4)26(33)32-13-7-8-23(32)25-29-16-22(30-25)19-10-9-18(3)20-14-28(15-21(19)20)11-5-6-12-28/h9-10,16-17,23-24H,5-8,11-15H2,1-4H3,(H,29,30)(H,31,34)/t23-,24-/m0/s1. The Morgan fingerprint density at radius 2 is 1.91 bits per heavy atom.